The molecule has 5 nitrogen and oxygen atoms in total. The summed E-state index contributed by atoms with van der Waals surface area (Å²) in [6.07, 6.45) is 5.65. The van der Waals surface area contributed by atoms with E-state index in [1.165, 1.54) is 0 Å². The highest BCUT2D eigenvalue weighted by Gasteiger charge is 2.54. The van der Waals surface area contributed by atoms with E-state index < -0.39 is 15.4 Å². The summed E-state index contributed by atoms with van der Waals surface area (Å²) in [5.41, 5.74) is 1.42. The van der Waals surface area contributed by atoms with Crippen LogP contribution in [-0.4, -0.2) is 37.6 Å². The second kappa shape index (κ2) is 11.5. The Morgan fingerprint density at radius 1 is 1.11 bits per heavy atom. The zero-order valence-electron chi connectivity index (χ0n) is 21.5. The number of allylic oxidation sites excluding steroid dienone is 1. The van der Waals surface area contributed by atoms with Crippen LogP contribution in [0.5, 0.6) is 0 Å². The van der Waals surface area contributed by atoms with E-state index in [4.69, 9.17) is 23.2 Å². The standard InChI is InChI=1S/C29H36Cl2N2O3S/c1-4-16-29(5-2)18-25(22-8-7-9-24(31)17-22)27(21-12-14-23(30)15-13-21)33(28(29)34)26(20-10-11-20)19-32-37(35,36)6-3/h4,7-9,12-15,17,20,25-27,32H,1,5-6,10-11,16,18-19H2,2-3H3/t25-,26?,27?,29+/m1/s1. The maximum absolute atomic E-state index is 14.6. The van der Waals surface area contributed by atoms with Crippen LogP contribution in [-0.2, 0) is 14.8 Å². The van der Waals surface area contributed by atoms with Crippen LogP contribution in [0.2, 0.25) is 10.0 Å². The topological polar surface area (TPSA) is 66.5 Å². The molecule has 1 N–H and O–H groups in total. The molecular formula is C29H36Cl2N2O3S. The molecule has 1 aliphatic carbocycles. The zero-order valence-corrected chi connectivity index (χ0v) is 23.8. The van der Waals surface area contributed by atoms with E-state index in [-0.39, 0.29) is 42.1 Å². The number of likely N-dealkylation sites (tertiary alicyclic amines) is 1. The molecule has 0 radical (unpaired) electrons. The van der Waals surface area contributed by atoms with Gasteiger partial charge in [0.1, 0.15) is 0 Å². The zero-order chi connectivity index (χ0) is 26.8. The molecule has 0 spiro atoms. The monoisotopic (exact) mass is 562 g/mol. The number of sulfonamides is 1. The maximum atomic E-state index is 14.6. The quantitative estimate of drug-likeness (QED) is 0.308. The molecule has 1 heterocycles. The molecule has 1 saturated heterocycles. The second-order valence-electron chi connectivity index (χ2n) is 10.4. The molecular weight excluding hydrogens is 527 g/mol. The molecule has 200 valence electrons. The van der Waals surface area contributed by atoms with Gasteiger partial charge in [-0.25, -0.2) is 13.1 Å². The molecule has 0 aromatic heterocycles. The number of nitrogens with one attached hydrogen (secondary N) is 1. The maximum Gasteiger partial charge on any atom is 0.229 e. The third kappa shape index (κ3) is 6.08. The minimum absolute atomic E-state index is 0.000549. The van der Waals surface area contributed by atoms with Crippen LogP contribution in [0.25, 0.3) is 0 Å². The molecule has 1 aliphatic heterocycles. The lowest BCUT2D eigenvalue weighted by Gasteiger charge is -2.53. The van der Waals surface area contributed by atoms with Crippen molar-refractivity contribution in [2.45, 2.75) is 64.0 Å². The van der Waals surface area contributed by atoms with E-state index in [0.717, 1.165) is 24.0 Å². The van der Waals surface area contributed by atoms with Crippen molar-refractivity contribution in [3.8, 4) is 0 Å². The Labute approximate surface area is 231 Å². The van der Waals surface area contributed by atoms with Gasteiger partial charge in [0.05, 0.1) is 17.2 Å². The number of piperidine rings is 1. The summed E-state index contributed by atoms with van der Waals surface area (Å²) in [6.45, 7) is 7.86. The Bertz CT molecular complexity index is 1230. The van der Waals surface area contributed by atoms with Gasteiger partial charge in [-0.15, -0.1) is 6.58 Å². The lowest BCUT2D eigenvalue weighted by Crippen LogP contribution is -2.59. The highest BCUT2D eigenvalue weighted by atomic mass is 35.5. The molecule has 2 aromatic rings. The largest absolute Gasteiger partial charge is 0.330 e. The van der Waals surface area contributed by atoms with Crippen molar-refractivity contribution < 1.29 is 13.2 Å². The number of carbonyl (C=O) groups is 1. The number of hydrogen-bond acceptors (Lipinski definition) is 3. The van der Waals surface area contributed by atoms with E-state index in [2.05, 4.69) is 24.3 Å². The van der Waals surface area contributed by atoms with Gasteiger partial charge in [-0.05, 0) is 80.3 Å². The molecule has 2 aromatic carbocycles. The van der Waals surface area contributed by atoms with Crippen LogP contribution in [0.4, 0.5) is 0 Å². The number of rotatable bonds is 11. The minimum atomic E-state index is -3.42. The third-order valence-electron chi connectivity index (χ3n) is 8.10. The number of benzene rings is 2. The van der Waals surface area contributed by atoms with Crippen LogP contribution >= 0.6 is 23.2 Å². The Morgan fingerprint density at radius 3 is 2.38 bits per heavy atom. The molecule has 2 fully saturated rings. The van der Waals surface area contributed by atoms with E-state index in [0.29, 0.717) is 29.3 Å². The molecule has 1 amide bonds. The summed E-state index contributed by atoms with van der Waals surface area (Å²) in [4.78, 5) is 16.6. The Kier molecular flexibility index (Phi) is 8.74. The van der Waals surface area contributed by atoms with Gasteiger partial charge in [0, 0.05) is 28.5 Å². The van der Waals surface area contributed by atoms with Crippen LogP contribution in [0.15, 0.2) is 61.2 Å². The molecule has 2 aliphatic rings. The van der Waals surface area contributed by atoms with Crippen molar-refractivity contribution in [3.63, 3.8) is 0 Å². The van der Waals surface area contributed by atoms with Crippen LogP contribution < -0.4 is 4.72 Å². The smallest absolute Gasteiger partial charge is 0.229 e. The van der Waals surface area contributed by atoms with Crippen molar-refractivity contribution in [1.82, 2.24) is 9.62 Å². The first-order valence-corrected chi connectivity index (χ1v) is 15.5. The van der Waals surface area contributed by atoms with Crippen LogP contribution in [0.3, 0.4) is 0 Å². The minimum Gasteiger partial charge on any atom is -0.330 e. The van der Waals surface area contributed by atoms with Crippen molar-refractivity contribution in [2.24, 2.45) is 11.3 Å². The summed E-state index contributed by atoms with van der Waals surface area (Å²) in [6, 6.07) is 15.0. The molecule has 2 unspecified atom stereocenters. The van der Waals surface area contributed by atoms with Crippen LogP contribution in [0.1, 0.15) is 69.0 Å². The van der Waals surface area contributed by atoms with Gasteiger partial charge >= 0.3 is 0 Å². The fraction of sp³-hybridized carbons (Fsp3) is 0.483. The Hall–Kier alpha value is -1.86. The Morgan fingerprint density at radius 2 is 1.81 bits per heavy atom. The van der Waals surface area contributed by atoms with Crippen molar-refractivity contribution in [1.29, 1.82) is 0 Å². The number of amides is 1. The molecule has 0 bridgehead atoms. The Balaban J connectivity index is 1.90. The molecule has 1 saturated carbocycles. The number of nitrogens with zero attached hydrogens (tertiary/aromatic N) is 1. The van der Waals surface area contributed by atoms with E-state index in [9.17, 15) is 13.2 Å². The highest BCUT2D eigenvalue weighted by Crippen LogP contribution is 2.55. The molecule has 4 rings (SSSR count). The predicted octanol–water partition coefficient (Wildman–Crippen LogP) is 6.74. The van der Waals surface area contributed by atoms with Gasteiger partial charge < -0.3 is 4.90 Å². The van der Waals surface area contributed by atoms with Gasteiger partial charge in [0.15, 0.2) is 0 Å². The fourth-order valence-corrected chi connectivity index (χ4v) is 6.79. The third-order valence-corrected chi connectivity index (χ3v) is 9.95. The molecule has 4 atom stereocenters. The molecule has 37 heavy (non-hydrogen) atoms. The average molecular weight is 564 g/mol. The summed E-state index contributed by atoms with van der Waals surface area (Å²) >= 11 is 12.7. The summed E-state index contributed by atoms with van der Waals surface area (Å²) in [5.74, 6) is 0.274. The van der Waals surface area contributed by atoms with Gasteiger partial charge in [-0.2, -0.15) is 0 Å². The predicted molar refractivity (Wildman–Crippen MR) is 151 cm³/mol. The van der Waals surface area contributed by atoms with Gasteiger partial charge in [0.25, 0.3) is 0 Å². The molecule has 8 heteroatoms. The lowest BCUT2D eigenvalue weighted by molar-refractivity contribution is -0.156. The van der Waals surface area contributed by atoms with Gasteiger partial charge in [-0.3, -0.25) is 4.79 Å². The number of carbonyl (C=O) groups excluding carboxylic acids is 1. The SMILES string of the molecule is C=CC[C@@]1(CC)C[C@H](c2cccc(Cl)c2)C(c2ccc(Cl)cc2)N(C(CNS(=O)(=O)CC)C2CC2)C1=O. The van der Waals surface area contributed by atoms with E-state index >= 15 is 0 Å². The second-order valence-corrected chi connectivity index (χ2v) is 13.3. The van der Waals surface area contributed by atoms with Crippen molar-refractivity contribution >= 4 is 39.1 Å². The highest BCUT2D eigenvalue weighted by molar-refractivity contribution is 7.89. The summed E-state index contributed by atoms with van der Waals surface area (Å²) < 4.78 is 27.7. The summed E-state index contributed by atoms with van der Waals surface area (Å²) in [5, 5.41) is 1.27. The summed E-state index contributed by atoms with van der Waals surface area (Å²) in [7, 11) is -3.42. The van der Waals surface area contributed by atoms with E-state index in [1.54, 1.807) is 6.92 Å². The first-order valence-electron chi connectivity index (χ1n) is 13.1. The van der Waals surface area contributed by atoms with Crippen LogP contribution in [0, 0.1) is 11.3 Å². The van der Waals surface area contributed by atoms with E-state index in [1.807, 2.05) is 53.4 Å². The van der Waals surface area contributed by atoms with Gasteiger partial charge in [-0.1, -0.05) is 60.5 Å². The number of hydrogen-bond donors (Lipinski definition) is 1. The fourth-order valence-electron chi connectivity index (χ4n) is 5.84. The normalized spacial score (nSPS) is 25.2. The van der Waals surface area contributed by atoms with Crippen molar-refractivity contribution in [3.05, 3.63) is 82.4 Å². The first-order chi connectivity index (χ1) is 17.6. The first kappa shape index (κ1) is 28.2. The lowest BCUT2D eigenvalue weighted by atomic mass is 9.65. The number of halogens is 2. The average Bonchev–Trinajstić information content (AvgIpc) is 3.72. The van der Waals surface area contributed by atoms with Crippen molar-refractivity contribution in [2.75, 3.05) is 12.3 Å². The van der Waals surface area contributed by atoms with Gasteiger partial charge in [0.2, 0.25) is 15.9 Å².